The minimum atomic E-state index is 0.681. The van der Waals surface area contributed by atoms with Gasteiger partial charge in [0.25, 0.3) is 0 Å². The Hall–Kier alpha value is -0.730. The van der Waals surface area contributed by atoms with E-state index in [9.17, 15) is 0 Å². The molecule has 0 spiro atoms. The predicted octanol–water partition coefficient (Wildman–Crippen LogP) is 4.07. The fourth-order valence-electron chi connectivity index (χ4n) is 2.36. The number of nitrogens with zero attached hydrogens (tertiary/aromatic N) is 1. The van der Waals surface area contributed by atoms with Gasteiger partial charge in [-0.25, -0.2) is 0 Å². The molecule has 0 aliphatic heterocycles. The Morgan fingerprint density at radius 3 is 2.63 bits per heavy atom. The zero-order valence-electron chi connectivity index (χ0n) is 12.2. The fourth-order valence-corrected chi connectivity index (χ4v) is 2.60. The first-order chi connectivity index (χ1) is 9.11. The van der Waals surface area contributed by atoms with Crippen molar-refractivity contribution < 1.29 is 0 Å². The predicted molar refractivity (Wildman–Crippen MR) is 84.0 cm³/mol. The summed E-state index contributed by atoms with van der Waals surface area (Å²) < 4.78 is 0. The highest BCUT2D eigenvalue weighted by molar-refractivity contribution is 6.31. The second-order valence-corrected chi connectivity index (χ2v) is 6.24. The van der Waals surface area contributed by atoms with Crippen LogP contribution in [0, 0.1) is 5.92 Å². The molecule has 1 fully saturated rings. The molecule has 2 rings (SSSR count). The molecule has 0 heterocycles. The average molecular weight is 281 g/mol. The van der Waals surface area contributed by atoms with E-state index in [0.29, 0.717) is 5.92 Å². The van der Waals surface area contributed by atoms with Crippen molar-refractivity contribution in [2.75, 3.05) is 18.0 Å². The summed E-state index contributed by atoms with van der Waals surface area (Å²) >= 11 is 6.40. The van der Waals surface area contributed by atoms with E-state index in [1.54, 1.807) is 0 Å². The summed E-state index contributed by atoms with van der Waals surface area (Å²) in [6, 6.07) is 7.25. The van der Waals surface area contributed by atoms with Crippen LogP contribution in [0.3, 0.4) is 0 Å². The molecular formula is C16H25ClN2. The van der Waals surface area contributed by atoms with Crippen LogP contribution in [0.25, 0.3) is 0 Å². The highest BCUT2D eigenvalue weighted by atomic mass is 35.5. The van der Waals surface area contributed by atoms with E-state index in [2.05, 4.69) is 49.2 Å². The molecule has 0 amide bonds. The van der Waals surface area contributed by atoms with Gasteiger partial charge < -0.3 is 10.2 Å². The summed E-state index contributed by atoms with van der Waals surface area (Å²) in [5.41, 5.74) is 2.47. The van der Waals surface area contributed by atoms with E-state index in [0.717, 1.165) is 30.7 Å². The van der Waals surface area contributed by atoms with Gasteiger partial charge in [0.15, 0.2) is 0 Å². The summed E-state index contributed by atoms with van der Waals surface area (Å²) in [6.07, 6.45) is 2.65. The normalized spacial score (nSPS) is 15.0. The monoisotopic (exact) mass is 280 g/mol. The van der Waals surface area contributed by atoms with Gasteiger partial charge in [-0.05, 0) is 43.0 Å². The Morgan fingerprint density at radius 2 is 2.11 bits per heavy atom. The van der Waals surface area contributed by atoms with Crippen LogP contribution in [0.15, 0.2) is 18.2 Å². The summed E-state index contributed by atoms with van der Waals surface area (Å²) in [5, 5.41) is 4.21. The Bertz CT molecular complexity index is 413. The van der Waals surface area contributed by atoms with Crippen LogP contribution in [0.2, 0.25) is 5.02 Å². The van der Waals surface area contributed by atoms with Gasteiger partial charge >= 0.3 is 0 Å². The molecule has 106 valence electrons. The van der Waals surface area contributed by atoms with Crippen LogP contribution in [-0.2, 0) is 6.54 Å². The molecule has 1 aromatic rings. The Labute approximate surface area is 122 Å². The van der Waals surface area contributed by atoms with E-state index in [1.165, 1.54) is 24.1 Å². The maximum absolute atomic E-state index is 6.40. The number of benzene rings is 1. The second kappa shape index (κ2) is 6.62. The van der Waals surface area contributed by atoms with Gasteiger partial charge in [-0.3, -0.25) is 0 Å². The van der Waals surface area contributed by atoms with E-state index in [4.69, 9.17) is 11.6 Å². The van der Waals surface area contributed by atoms with Crippen LogP contribution < -0.4 is 10.2 Å². The quantitative estimate of drug-likeness (QED) is 0.810. The molecule has 0 aromatic heterocycles. The van der Waals surface area contributed by atoms with Crippen molar-refractivity contribution in [1.29, 1.82) is 0 Å². The molecule has 0 radical (unpaired) electrons. The first-order valence-electron chi connectivity index (χ1n) is 7.37. The smallest absolute Gasteiger partial charge is 0.0471 e. The minimum absolute atomic E-state index is 0.681. The average Bonchev–Trinajstić information content (AvgIpc) is 3.18. The van der Waals surface area contributed by atoms with Crippen molar-refractivity contribution >= 4 is 17.3 Å². The highest BCUT2D eigenvalue weighted by Crippen LogP contribution is 2.34. The van der Waals surface area contributed by atoms with Gasteiger partial charge in [0.1, 0.15) is 0 Å². The zero-order valence-corrected chi connectivity index (χ0v) is 13.0. The molecule has 0 atom stereocenters. The van der Waals surface area contributed by atoms with Crippen molar-refractivity contribution in [2.24, 2.45) is 5.92 Å². The van der Waals surface area contributed by atoms with Crippen LogP contribution in [0.4, 0.5) is 5.69 Å². The van der Waals surface area contributed by atoms with Crippen LogP contribution >= 0.6 is 11.6 Å². The van der Waals surface area contributed by atoms with Gasteiger partial charge in [-0.15, -0.1) is 0 Å². The van der Waals surface area contributed by atoms with Gasteiger partial charge in [-0.2, -0.15) is 0 Å². The molecule has 1 aliphatic carbocycles. The molecule has 0 bridgehead atoms. The van der Waals surface area contributed by atoms with E-state index in [1.807, 2.05) is 0 Å². The van der Waals surface area contributed by atoms with E-state index < -0.39 is 0 Å². The number of anilines is 1. The maximum atomic E-state index is 6.40. The zero-order chi connectivity index (χ0) is 13.8. The number of hydrogen-bond donors (Lipinski definition) is 1. The Balaban J connectivity index is 2.12. The highest BCUT2D eigenvalue weighted by Gasteiger charge is 2.29. The van der Waals surface area contributed by atoms with E-state index in [-0.39, 0.29) is 0 Å². The van der Waals surface area contributed by atoms with E-state index >= 15 is 0 Å². The molecular weight excluding hydrogens is 256 g/mol. The fraction of sp³-hybridized carbons (Fsp3) is 0.625. The van der Waals surface area contributed by atoms with Crippen molar-refractivity contribution in [1.82, 2.24) is 5.32 Å². The number of hydrogen-bond acceptors (Lipinski definition) is 2. The summed E-state index contributed by atoms with van der Waals surface area (Å²) in [7, 11) is 0. The third-order valence-electron chi connectivity index (χ3n) is 3.48. The largest absolute Gasteiger partial charge is 0.368 e. The van der Waals surface area contributed by atoms with Gasteiger partial charge in [-0.1, -0.05) is 38.4 Å². The third kappa shape index (κ3) is 4.12. The van der Waals surface area contributed by atoms with Crippen LogP contribution in [0.1, 0.15) is 39.2 Å². The molecule has 1 aliphatic rings. The van der Waals surface area contributed by atoms with Crippen molar-refractivity contribution in [3.63, 3.8) is 0 Å². The standard InChI is InChI=1S/C16H25ClN2/c1-4-18-10-13-5-6-15(9-16(13)17)19(11-12(2)3)14-7-8-14/h5-6,9,12,14,18H,4,7-8,10-11H2,1-3H3. The first kappa shape index (κ1) is 14.7. The number of nitrogens with one attached hydrogen (secondary N) is 1. The van der Waals surface area contributed by atoms with Gasteiger partial charge in [0, 0.05) is 29.8 Å². The lowest BCUT2D eigenvalue weighted by atomic mass is 10.1. The van der Waals surface area contributed by atoms with Crippen molar-refractivity contribution in [3.05, 3.63) is 28.8 Å². The first-order valence-corrected chi connectivity index (χ1v) is 7.75. The molecule has 1 N–H and O–H groups in total. The lowest BCUT2D eigenvalue weighted by molar-refractivity contribution is 0.607. The van der Waals surface area contributed by atoms with Crippen LogP contribution in [-0.4, -0.2) is 19.1 Å². The maximum Gasteiger partial charge on any atom is 0.0471 e. The molecule has 1 aromatic carbocycles. The third-order valence-corrected chi connectivity index (χ3v) is 3.84. The topological polar surface area (TPSA) is 15.3 Å². The molecule has 0 unspecified atom stereocenters. The Kier molecular flexibility index (Phi) is 5.12. The lowest BCUT2D eigenvalue weighted by Gasteiger charge is -2.27. The van der Waals surface area contributed by atoms with Crippen molar-refractivity contribution in [2.45, 2.75) is 46.2 Å². The second-order valence-electron chi connectivity index (χ2n) is 5.83. The molecule has 0 saturated heterocycles. The molecule has 19 heavy (non-hydrogen) atoms. The van der Waals surface area contributed by atoms with Gasteiger partial charge in [0.2, 0.25) is 0 Å². The SMILES string of the molecule is CCNCc1ccc(N(CC(C)C)C2CC2)cc1Cl. The summed E-state index contributed by atoms with van der Waals surface area (Å²) in [4.78, 5) is 2.52. The molecule has 2 nitrogen and oxygen atoms in total. The minimum Gasteiger partial charge on any atom is -0.368 e. The lowest BCUT2D eigenvalue weighted by Crippen LogP contribution is -2.29. The Morgan fingerprint density at radius 1 is 1.37 bits per heavy atom. The van der Waals surface area contributed by atoms with Crippen LogP contribution in [0.5, 0.6) is 0 Å². The number of rotatable bonds is 7. The van der Waals surface area contributed by atoms with Crippen molar-refractivity contribution in [3.8, 4) is 0 Å². The number of halogens is 1. The molecule has 1 saturated carbocycles. The summed E-state index contributed by atoms with van der Waals surface area (Å²) in [6.45, 7) is 9.60. The summed E-state index contributed by atoms with van der Waals surface area (Å²) in [5.74, 6) is 0.681. The molecule has 3 heteroatoms. The van der Waals surface area contributed by atoms with Gasteiger partial charge in [0.05, 0.1) is 0 Å².